The summed E-state index contributed by atoms with van der Waals surface area (Å²) in [5.74, 6) is 0. The molecule has 1 fully saturated rings. The molecular weight excluding hydrogens is 394 g/mol. The van der Waals surface area contributed by atoms with Gasteiger partial charge in [0.2, 0.25) is 0 Å². The van der Waals surface area contributed by atoms with Gasteiger partial charge >= 0.3 is 0 Å². The maximum absolute atomic E-state index is 4.62. The van der Waals surface area contributed by atoms with Crippen LogP contribution in [-0.4, -0.2) is 22.9 Å². The van der Waals surface area contributed by atoms with Crippen molar-refractivity contribution in [2.75, 3.05) is 13.1 Å². The topological polar surface area (TPSA) is 29.9 Å². The van der Waals surface area contributed by atoms with Crippen LogP contribution in [0.2, 0.25) is 0 Å². The van der Waals surface area contributed by atoms with Crippen molar-refractivity contribution in [2.45, 2.75) is 32.2 Å². The van der Waals surface area contributed by atoms with E-state index in [1.807, 2.05) is 0 Å². The molecule has 1 N–H and O–H groups in total. The molecule has 5 heteroatoms. The zero-order valence-corrected chi connectivity index (χ0v) is 15.5. The van der Waals surface area contributed by atoms with Gasteiger partial charge in [-0.25, -0.2) is 0 Å². The number of aryl methyl sites for hydroxylation is 2. The molecule has 0 spiro atoms. The van der Waals surface area contributed by atoms with Crippen LogP contribution in [0.1, 0.15) is 23.9 Å². The minimum atomic E-state index is 0.155. The SMILES string of the molecule is CCn1nc(C)c(Br)c1CC1(c2ccccc2Br)CNC1. The van der Waals surface area contributed by atoms with E-state index in [4.69, 9.17) is 0 Å². The highest BCUT2D eigenvalue weighted by Crippen LogP contribution is 2.38. The maximum Gasteiger partial charge on any atom is 0.0738 e. The Labute approximate surface area is 142 Å². The van der Waals surface area contributed by atoms with Gasteiger partial charge in [-0.3, -0.25) is 4.68 Å². The first-order valence-corrected chi connectivity index (χ1v) is 8.83. The van der Waals surface area contributed by atoms with E-state index in [2.05, 4.69) is 85.1 Å². The lowest BCUT2D eigenvalue weighted by Gasteiger charge is -2.44. The Bertz CT molecular complexity index is 660. The smallest absolute Gasteiger partial charge is 0.0738 e. The maximum atomic E-state index is 4.62. The molecule has 112 valence electrons. The Morgan fingerprint density at radius 2 is 2.00 bits per heavy atom. The van der Waals surface area contributed by atoms with Crippen LogP contribution in [0.5, 0.6) is 0 Å². The fourth-order valence-corrected chi connectivity index (χ4v) is 4.22. The van der Waals surface area contributed by atoms with Gasteiger partial charge in [-0.05, 0) is 41.4 Å². The van der Waals surface area contributed by atoms with Gasteiger partial charge in [0.15, 0.2) is 0 Å². The van der Waals surface area contributed by atoms with Crippen molar-refractivity contribution in [3.8, 4) is 0 Å². The quantitative estimate of drug-likeness (QED) is 0.827. The summed E-state index contributed by atoms with van der Waals surface area (Å²) in [6, 6.07) is 8.56. The van der Waals surface area contributed by atoms with E-state index in [1.54, 1.807) is 0 Å². The van der Waals surface area contributed by atoms with E-state index in [0.29, 0.717) is 0 Å². The number of aromatic nitrogens is 2. The first kappa shape index (κ1) is 15.3. The average molecular weight is 413 g/mol. The van der Waals surface area contributed by atoms with Gasteiger partial charge in [0.05, 0.1) is 15.9 Å². The molecule has 1 saturated heterocycles. The van der Waals surface area contributed by atoms with Crippen molar-refractivity contribution in [2.24, 2.45) is 0 Å². The zero-order valence-electron chi connectivity index (χ0n) is 12.3. The van der Waals surface area contributed by atoms with Gasteiger partial charge in [-0.1, -0.05) is 34.1 Å². The van der Waals surface area contributed by atoms with Crippen molar-refractivity contribution in [3.05, 3.63) is 50.2 Å². The second-order valence-corrected chi connectivity index (χ2v) is 7.35. The van der Waals surface area contributed by atoms with Gasteiger partial charge in [0.1, 0.15) is 0 Å². The summed E-state index contributed by atoms with van der Waals surface area (Å²) < 4.78 is 4.47. The van der Waals surface area contributed by atoms with E-state index in [9.17, 15) is 0 Å². The number of nitrogens with one attached hydrogen (secondary N) is 1. The van der Waals surface area contributed by atoms with E-state index in [-0.39, 0.29) is 5.41 Å². The minimum absolute atomic E-state index is 0.155. The van der Waals surface area contributed by atoms with Crippen molar-refractivity contribution in [3.63, 3.8) is 0 Å². The van der Waals surface area contributed by atoms with Crippen molar-refractivity contribution in [1.82, 2.24) is 15.1 Å². The molecule has 0 radical (unpaired) electrons. The summed E-state index contributed by atoms with van der Waals surface area (Å²) in [4.78, 5) is 0. The van der Waals surface area contributed by atoms with E-state index in [1.165, 1.54) is 15.7 Å². The van der Waals surface area contributed by atoms with Gasteiger partial charge < -0.3 is 5.32 Å². The predicted octanol–water partition coefficient (Wildman–Crippen LogP) is 3.82. The molecule has 0 amide bonds. The fraction of sp³-hybridized carbons (Fsp3) is 0.438. The molecule has 0 aliphatic carbocycles. The number of hydrogen-bond donors (Lipinski definition) is 1. The molecule has 1 aromatic heterocycles. The lowest BCUT2D eigenvalue weighted by Crippen LogP contribution is -2.58. The molecular formula is C16H19Br2N3. The summed E-state index contributed by atoms with van der Waals surface area (Å²) in [5, 5.41) is 8.07. The highest BCUT2D eigenvalue weighted by Gasteiger charge is 2.41. The van der Waals surface area contributed by atoms with E-state index >= 15 is 0 Å². The molecule has 2 aromatic rings. The first-order valence-electron chi connectivity index (χ1n) is 7.25. The largest absolute Gasteiger partial charge is 0.315 e. The van der Waals surface area contributed by atoms with Crippen molar-refractivity contribution >= 4 is 31.9 Å². The highest BCUT2D eigenvalue weighted by molar-refractivity contribution is 9.10. The lowest BCUT2D eigenvalue weighted by atomic mass is 9.72. The Morgan fingerprint density at radius 1 is 1.29 bits per heavy atom. The monoisotopic (exact) mass is 411 g/mol. The van der Waals surface area contributed by atoms with Crippen LogP contribution in [0.15, 0.2) is 33.2 Å². The molecule has 3 rings (SSSR count). The molecule has 3 nitrogen and oxygen atoms in total. The number of nitrogens with zero attached hydrogens (tertiary/aromatic N) is 2. The molecule has 21 heavy (non-hydrogen) atoms. The molecule has 0 saturated carbocycles. The number of benzene rings is 1. The lowest BCUT2D eigenvalue weighted by molar-refractivity contribution is 0.267. The van der Waals surface area contributed by atoms with Crippen molar-refractivity contribution in [1.29, 1.82) is 0 Å². The first-order chi connectivity index (χ1) is 10.1. The van der Waals surface area contributed by atoms with Crippen molar-refractivity contribution < 1.29 is 0 Å². The second kappa shape index (κ2) is 5.86. The zero-order chi connectivity index (χ0) is 15.0. The molecule has 0 bridgehead atoms. The van der Waals surface area contributed by atoms with Crippen LogP contribution in [0.25, 0.3) is 0 Å². The molecule has 1 aliphatic heterocycles. The highest BCUT2D eigenvalue weighted by atomic mass is 79.9. The number of halogens is 2. The molecule has 0 atom stereocenters. The summed E-state index contributed by atoms with van der Waals surface area (Å²) in [7, 11) is 0. The van der Waals surface area contributed by atoms with Gasteiger partial charge in [-0.15, -0.1) is 0 Å². The summed E-state index contributed by atoms with van der Waals surface area (Å²) >= 11 is 7.44. The fourth-order valence-electron chi connectivity index (χ4n) is 3.09. The van der Waals surface area contributed by atoms with E-state index in [0.717, 1.165) is 36.2 Å². The van der Waals surface area contributed by atoms with E-state index < -0.39 is 0 Å². The summed E-state index contributed by atoms with van der Waals surface area (Å²) in [5.41, 5.74) is 3.91. The van der Waals surface area contributed by atoms with Gasteiger partial charge in [0, 0.05) is 35.9 Å². The third-order valence-electron chi connectivity index (χ3n) is 4.33. The summed E-state index contributed by atoms with van der Waals surface area (Å²) in [6.07, 6.45) is 0.998. The third-order valence-corrected chi connectivity index (χ3v) is 6.05. The average Bonchev–Trinajstić information content (AvgIpc) is 2.71. The Hall–Kier alpha value is -0.650. The summed E-state index contributed by atoms with van der Waals surface area (Å²) in [6.45, 7) is 7.13. The molecule has 0 unspecified atom stereocenters. The third kappa shape index (κ3) is 2.60. The second-order valence-electron chi connectivity index (χ2n) is 5.70. The van der Waals surface area contributed by atoms with Crippen LogP contribution >= 0.6 is 31.9 Å². The Morgan fingerprint density at radius 3 is 2.57 bits per heavy atom. The van der Waals surface area contributed by atoms with Crippen LogP contribution in [0.3, 0.4) is 0 Å². The van der Waals surface area contributed by atoms with Crippen LogP contribution in [-0.2, 0) is 18.4 Å². The van der Waals surface area contributed by atoms with Crippen LogP contribution in [0.4, 0.5) is 0 Å². The normalized spacial score (nSPS) is 16.8. The standard InChI is InChI=1S/C16H19Br2N3/c1-3-21-14(15(18)11(2)20-21)8-16(9-19-10-16)12-6-4-5-7-13(12)17/h4-7,19H,3,8-10H2,1-2H3. The van der Waals surface area contributed by atoms with Crippen LogP contribution in [0, 0.1) is 6.92 Å². The van der Waals surface area contributed by atoms with Gasteiger partial charge in [0.25, 0.3) is 0 Å². The van der Waals surface area contributed by atoms with Crippen LogP contribution < -0.4 is 5.32 Å². The molecule has 2 heterocycles. The Balaban J connectivity index is 2.01. The van der Waals surface area contributed by atoms with Gasteiger partial charge in [-0.2, -0.15) is 5.10 Å². The number of hydrogen-bond acceptors (Lipinski definition) is 2. The Kier molecular flexibility index (Phi) is 4.26. The predicted molar refractivity (Wildman–Crippen MR) is 92.7 cm³/mol. The minimum Gasteiger partial charge on any atom is -0.315 e. The number of rotatable bonds is 4. The molecule has 1 aromatic carbocycles. The molecule has 1 aliphatic rings.